The van der Waals surface area contributed by atoms with E-state index < -0.39 is 60.9 Å². The number of alkyl halides is 3. The zero-order valence-corrected chi connectivity index (χ0v) is 14.7. The molecule has 28 heavy (non-hydrogen) atoms. The van der Waals surface area contributed by atoms with E-state index in [1.807, 2.05) is 0 Å². The van der Waals surface area contributed by atoms with Gasteiger partial charge in [0, 0.05) is 18.1 Å². The van der Waals surface area contributed by atoms with Crippen LogP contribution < -0.4 is 5.32 Å². The monoisotopic (exact) mass is 415 g/mol. The molecule has 0 fully saturated rings. The maximum atomic E-state index is 13.5. The van der Waals surface area contributed by atoms with Gasteiger partial charge in [0.1, 0.15) is 28.4 Å². The van der Waals surface area contributed by atoms with Gasteiger partial charge in [0.15, 0.2) is 9.84 Å². The van der Waals surface area contributed by atoms with Crippen LogP contribution in [0.3, 0.4) is 0 Å². The number of ketones is 2. The molecule has 1 aliphatic rings. The third-order valence-corrected chi connectivity index (χ3v) is 4.88. The molecule has 2 aromatic rings. The molecule has 7 nitrogen and oxygen atoms in total. The molecule has 0 saturated carbocycles. The normalized spacial score (nSPS) is 14.9. The molecule has 1 heterocycles. The minimum absolute atomic E-state index is 0.319. The number of halogens is 4. The van der Waals surface area contributed by atoms with E-state index in [2.05, 4.69) is 15.3 Å². The molecule has 0 aliphatic heterocycles. The maximum Gasteiger partial charge on any atom is 0.419 e. The number of carbonyl (C=O) groups excluding carboxylic acids is 2. The largest absolute Gasteiger partial charge is 0.419 e. The third-order valence-electron chi connectivity index (χ3n) is 3.74. The number of hydrogen-bond donors (Lipinski definition) is 1. The molecule has 0 bridgehead atoms. The lowest BCUT2D eigenvalue weighted by molar-refractivity contribution is -0.139. The predicted octanol–water partition coefficient (Wildman–Crippen LogP) is 2.38. The van der Waals surface area contributed by atoms with Gasteiger partial charge in [-0.05, 0) is 18.2 Å². The smallest absolute Gasteiger partial charge is 0.351 e. The lowest BCUT2D eigenvalue weighted by atomic mass is 9.98. The number of carbonyl (C=O) groups is 2. The zero-order chi connectivity index (χ0) is 20.9. The molecule has 1 N–H and O–H groups in total. The van der Waals surface area contributed by atoms with Gasteiger partial charge in [-0.3, -0.25) is 9.59 Å². The lowest BCUT2D eigenvalue weighted by Crippen LogP contribution is -2.30. The topological polar surface area (TPSA) is 106 Å². The lowest BCUT2D eigenvalue weighted by Gasteiger charge is -2.20. The van der Waals surface area contributed by atoms with Crippen LogP contribution in [0.4, 0.5) is 23.2 Å². The number of nitrogens with one attached hydrogen (secondary N) is 1. The summed E-state index contributed by atoms with van der Waals surface area (Å²) >= 11 is 0. The second kappa shape index (κ2) is 6.48. The van der Waals surface area contributed by atoms with Crippen molar-refractivity contribution in [2.24, 2.45) is 0 Å². The minimum Gasteiger partial charge on any atom is -0.351 e. The number of benzene rings is 1. The number of hydrogen-bond acceptors (Lipinski definition) is 7. The number of aromatic nitrogens is 2. The van der Waals surface area contributed by atoms with Crippen LogP contribution in [-0.2, 0) is 16.0 Å². The SMILES string of the molecule is CS(=O)(=O)C1=C(Nc2ccc(F)c(C(F)(F)F)c2)C(=O)c2cncnc2C1=O. The Balaban J connectivity index is 2.19. The summed E-state index contributed by atoms with van der Waals surface area (Å²) in [4.78, 5) is 31.4. The first-order valence-electron chi connectivity index (χ1n) is 7.38. The van der Waals surface area contributed by atoms with E-state index >= 15 is 0 Å². The van der Waals surface area contributed by atoms with Gasteiger partial charge >= 0.3 is 6.18 Å². The van der Waals surface area contributed by atoms with Crippen LogP contribution in [0, 0.1) is 5.82 Å². The van der Waals surface area contributed by atoms with Crippen molar-refractivity contribution in [3.05, 3.63) is 64.0 Å². The summed E-state index contributed by atoms with van der Waals surface area (Å²) in [5, 5.41) is 2.21. The quantitative estimate of drug-likeness (QED) is 0.768. The van der Waals surface area contributed by atoms with E-state index in [1.54, 1.807) is 0 Å². The predicted molar refractivity (Wildman–Crippen MR) is 87.6 cm³/mol. The first kappa shape index (κ1) is 19.6. The minimum atomic E-state index is -5.03. The molecule has 1 aromatic heterocycles. The van der Waals surface area contributed by atoms with E-state index in [0.29, 0.717) is 18.4 Å². The van der Waals surface area contributed by atoms with Crippen LogP contribution in [0.5, 0.6) is 0 Å². The van der Waals surface area contributed by atoms with Gasteiger partial charge < -0.3 is 5.32 Å². The molecule has 0 saturated heterocycles. The maximum absolute atomic E-state index is 13.5. The molecule has 3 rings (SSSR count). The Morgan fingerprint density at radius 3 is 2.39 bits per heavy atom. The van der Waals surface area contributed by atoms with Crippen molar-refractivity contribution in [2.75, 3.05) is 11.6 Å². The molecule has 0 amide bonds. The highest BCUT2D eigenvalue weighted by molar-refractivity contribution is 7.95. The number of fused-ring (bicyclic) bond motifs is 1. The molecule has 146 valence electrons. The Hall–Kier alpha value is -3.15. The highest BCUT2D eigenvalue weighted by Gasteiger charge is 2.39. The van der Waals surface area contributed by atoms with Gasteiger partial charge in [0.2, 0.25) is 11.6 Å². The van der Waals surface area contributed by atoms with E-state index in [1.165, 1.54) is 0 Å². The fourth-order valence-corrected chi connectivity index (χ4v) is 3.52. The fraction of sp³-hybridized carbons (Fsp3) is 0.125. The van der Waals surface area contributed by atoms with Crippen molar-refractivity contribution >= 4 is 27.1 Å². The van der Waals surface area contributed by atoms with Gasteiger partial charge in [0.05, 0.1) is 11.1 Å². The second-order valence-corrected chi connectivity index (χ2v) is 7.69. The van der Waals surface area contributed by atoms with Crippen molar-refractivity contribution in [3.8, 4) is 0 Å². The number of Topliss-reactive ketones (excluding diaryl/α,β-unsaturated/α-hetero) is 2. The summed E-state index contributed by atoms with van der Waals surface area (Å²) in [7, 11) is -4.28. The van der Waals surface area contributed by atoms with Crippen LogP contribution in [-0.4, -0.2) is 36.2 Å². The highest BCUT2D eigenvalue weighted by atomic mass is 32.2. The number of rotatable bonds is 3. The molecular formula is C16H9F4N3O4S. The van der Waals surface area contributed by atoms with Crippen molar-refractivity contribution < 1.29 is 35.6 Å². The molecule has 1 aromatic carbocycles. The van der Waals surface area contributed by atoms with Crippen molar-refractivity contribution in [2.45, 2.75) is 6.18 Å². The van der Waals surface area contributed by atoms with E-state index in [9.17, 15) is 35.6 Å². The van der Waals surface area contributed by atoms with Crippen LogP contribution in [0.25, 0.3) is 0 Å². The first-order chi connectivity index (χ1) is 12.9. The average Bonchev–Trinajstić information content (AvgIpc) is 2.59. The number of sulfone groups is 1. The summed E-state index contributed by atoms with van der Waals surface area (Å²) in [6.07, 6.45) is -2.44. The van der Waals surface area contributed by atoms with Crippen LogP contribution in [0.15, 0.2) is 41.3 Å². The Labute approximate surface area is 155 Å². The fourth-order valence-electron chi connectivity index (χ4n) is 2.57. The molecule has 0 atom stereocenters. The number of anilines is 1. The van der Waals surface area contributed by atoms with Gasteiger partial charge in [-0.1, -0.05) is 0 Å². The summed E-state index contributed by atoms with van der Waals surface area (Å²) < 4.78 is 76.3. The zero-order valence-electron chi connectivity index (χ0n) is 13.8. The third kappa shape index (κ3) is 3.38. The average molecular weight is 415 g/mol. The standard InChI is InChI=1S/C16H9F4N3O4S/c1-28(26,27)15-12(13(24)8-5-21-6-22-11(8)14(15)25)23-7-2-3-10(17)9(4-7)16(18,19)20/h2-6,23H,1H3. The summed E-state index contributed by atoms with van der Waals surface area (Å²) in [6, 6.07) is 1.72. The number of allylic oxidation sites excluding steroid dienone is 2. The van der Waals surface area contributed by atoms with Crippen molar-refractivity contribution in [1.82, 2.24) is 9.97 Å². The van der Waals surface area contributed by atoms with Crippen LogP contribution >= 0.6 is 0 Å². The van der Waals surface area contributed by atoms with E-state index in [0.717, 1.165) is 18.6 Å². The molecule has 12 heteroatoms. The second-order valence-electron chi connectivity index (χ2n) is 5.74. The van der Waals surface area contributed by atoms with Gasteiger partial charge in [0.25, 0.3) is 0 Å². The highest BCUT2D eigenvalue weighted by Crippen LogP contribution is 2.34. The first-order valence-corrected chi connectivity index (χ1v) is 9.28. The Morgan fingerprint density at radius 2 is 1.79 bits per heavy atom. The van der Waals surface area contributed by atoms with Gasteiger partial charge in [-0.25, -0.2) is 22.8 Å². The van der Waals surface area contributed by atoms with Crippen molar-refractivity contribution in [3.63, 3.8) is 0 Å². The summed E-state index contributed by atoms with van der Waals surface area (Å²) in [5.41, 5.74) is -3.60. The Morgan fingerprint density at radius 1 is 1.11 bits per heavy atom. The van der Waals surface area contributed by atoms with Crippen molar-refractivity contribution in [1.29, 1.82) is 0 Å². The number of nitrogens with zero attached hydrogens (tertiary/aromatic N) is 2. The Bertz CT molecular complexity index is 1160. The van der Waals surface area contributed by atoms with Crippen LogP contribution in [0.1, 0.15) is 26.4 Å². The molecule has 0 spiro atoms. The van der Waals surface area contributed by atoms with E-state index in [-0.39, 0.29) is 5.56 Å². The molecule has 1 aliphatic carbocycles. The Kier molecular flexibility index (Phi) is 4.54. The van der Waals surface area contributed by atoms with E-state index in [4.69, 9.17) is 0 Å². The van der Waals surface area contributed by atoms with Gasteiger partial charge in [-0.15, -0.1) is 0 Å². The molecule has 0 unspecified atom stereocenters. The molecular weight excluding hydrogens is 406 g/mol. The van der Waals surface area contributed by atoms with Gasteiger partial charge in [-0.2, -0.15) is 13.2 Å². The summed E-state index contributed by atoms with van der Waals surface area (Å²) in [6.45, 7) is 0. The summed E-state index contributed by atoms with van der Waals surface area (Å²) in [5.74, 6) is -3.67. The van der Waals surface area contributed by atoms with Crippen LogP contribution in [0.2, 0.25) is 0 Å². The molecule has 0 radical (unpaired) electrons.